The van der Waals surface area contributed by atoms with E-state index in [0.29, 0.717) is 18.4 Å². The Bertz CT molecular complexity index is 792. The summed E-state index contributed by atoms with van der Waals surface area (Å²) in [7, 11) is 0. The van der Waals surface area contributed by atoms with Crippen LogP contribution in [0.15, 0.2) is 18.2 Å². The monoisotopic (exact) mass is 451 g/mol. The lowest BCUT2D eigenvalue weighted by Crippen LogP contribution is -2.36. The maximum Gasteiger partial charge on any atom is 0.323 e. The molecule has 0 fully saturated rings. The van der Waals surface area contributed by atoms with Crippen molar-refractivity contribution in [3.05, 3.63) is 23.8 Å². The molecule has 2 atom stereocenters. The highest BCUT2D eigenvalue weighted by Gasteiger charge is 2.20. The second kappa shape index (κ2) is 14.2. The first kappa shape index (κ1) is 27.1. The fraction of sp³-hybridized carbons (Fsp3) is 0.565. The van der Waals surface area contributed by atoms with Gasteiger partial charge in [0, 0.05) is 19.3 Å². The summed E-state index contributed by atoms with van der Waals surface area (Å²) in [6.07, 6.45) is 1.41. The first-order valence-electron chi connectivity index (χ1n) is 10.9. The third kappa shape index (κ3) is 9.91. The van der Waals surface area contributed by atoms with Gasteiger partial charge in [0.1, 0.15) is 18.8 Å². The minimum absolute atomic E-state index is 0.0890. The van der Waals surface area contributed by atoms with Gasteiger partial charge in [-0.15, -0.1) is 0 Å². The van der Waals surface area contributed by atoms with Crippen molar-refractivity contribution in [3.8, 4) is 11.5 Å². The fourth-order valence-electron chi connectivity index (χ4n) is 2.58. The smallest absolute Gasteiger partial charge is 0.323 e. The van der Waals surface area contributed by atoms with Gasteiger partial charge in [0.05, 0.1) is 0 Å². The predicted molar refractivity (Wildman–Crippen MR) is 116 cm³/mol. The van der Waals surface area contributed by atoms with Gasteiger partial charge in [0.15, 0.2) is 11.5 Å². The van der Waals surface area contributed by atoms with Crippen LogP contribution in [-0.2, 0) is 35.1 Å². The van der Waals surface area contributed by atoms with Crippen LogP contribution in [0.5, 0.6) is 11.5 Å². The van der Waals surface area contributed by atoms with Crippen LogP contribution in [0.25, 0.3) is 0 Å². The van der Waals surface area contributed by atoms with E-state index in [0.717, 1.165) is 0 Å². The summed E-state index contributed by atoms with van der Waals surface area (Å²) in [5.74, 6) is -1.73. The van der Waals surface area contributed by atoms with Gasteiger partial charge in [0.2, 0.25) is 0 Å². The van der Waals surface area contributed by atoms with Gasteiger partial charge < -0.3 is 24.7 Å². The van der Waals surface area contributed by atoms with Gasteiger partial charge in [-0.05, 0) is 43.9 Å². The molecule has 0 aliphatic heterocycles. The number of carbonyl (C=O) groups excluding carboxylic acids is 4. The van der Waals surface area contributed by atoms with Gasteiger partial charge >= 0.3 is 23.9 Å². The van der Waals surface area contributed by atoms with E-state index in [-0.39, 0.29) is 49.8 Å². The van der Waals surface area contributed by atoms with Crippen LogP contribution in [0.4, 0.5) is 0 Å². The lowest BCUT2D eigenvalue weighted by Gasteiger charge is -2.16. The van der Waals surface area contributed by atoms with Crippen LogP contribution in [0.2, 0.25) is 0 Å². The molecule has 0 heterocycles. The SMILES string of the molecule is CCCC(=O)Oc1ccc(C[C@H](N)C(=O)OC[C@H](C)OC(=O)CC)cc1OC(=O)CCC. The standard InChI is InChI=1S/C23H33NO8/c1-5-8-21(26)31-18-11-10-16(13-19(18)32-22(27)9-6-2)12-17(24)23(28)29-14-15(4)30-20(25)7-3/h10-11,13,15,17H,5-9,12,14,24H2,1-4H3/t15-,17-/m0/s1. The first-order valence-corrected chi connectivity index (χ1v) is 10.9. The number of rotatable bonds is 13. The predicted octanol–water partition coefficient (Wildman–Crippen LogP) is 2.85. The molecule has 1 aromatic rings. The minimum Gasteiger partial charge on any atom is -0.461 e. The summed E-state index contributed by atoms with van der Waals surface area (Å²) >= 11 is 0. The Balaban J connectivity index is 2.83. The molecule has 0 saturated carbocycles. The molecular weight excluding hydrogens is 418 g/mol. The molecule has 9 nitrogen and oxygen atoms in total. The molecule has 0 unspecified atom stereocenters. The van der Waals surface area contributed by atoms with Crippen molar-refractivity contribution < 1.29 is 38.1 Å². The van der Waals surface area contributed by atoms with E-state index in [1.165, 1.54) is 12.1 Å². The highest BCUT2D eigenvalue weighted by Crippen LogP contribution is 2.30. The van der Waals surface area contributed by atoms with Crippen molar-refractivity contribution in [2.45, 2.75) is 78.4 Å². The van der Waals surface area contributed by atoms with Crippen molar-refractivity contribution in [3.63, 3.8) is 0 Å². The largest absolute Gasteiger partial charge is 0.461 e. The van der Waals surface area contributed by atoms with Gasteiger partial charge in [-0.3, -0.25) is 19.2 Å². The zero-order valence-corrected chi connectivity index (χ0v) is 19.2. The zero-order chi connectivity index (χ0) is 24.1. The van der Waals surface area contributed by atoms with E-state index in [4.69, 9.17) is 24.7 Å². The molecular formula is C23H33NO8. The van der Waals surface area contributed by atoms with Crippen molar-refractivity contribution in [1.29, 1.82) is 0 Å². The van der Waals surface area contributed by atoms with Crippen molar-refractivity contribution in [2.24, 2.45) is 5.73 Å². The Morgan fingerprint density at radius 2 is 1.50 bits per heavy atom. The molecule has 0 saturated heterocycles. The van der Waals surface area contributed by atoms with E-state index in [9.17, 15) is 19.2 Å². The quantitative estimate of drug-likeness (QED) is 0.355. The Labute approximate surface area is 188 Å². The van der Waals surface area contributed by atoms with E-state index in [1.54, 1.807) is 19.9 Å². The highest BCUT2D eigenvalue weighted by atomic mass is 16.6. The van der Waals surface area contributed by atoms with Crippen LogP contribution >= 0.6 is 0 Å². The van der Waals surface area contributed by atoms with Crippen molar-refractivity contribution in [2.75, 3.05) is 6.61 Å². The summed E-state index contributed by atoms with van der Waals surface area (Å²) in [5.41, 5.74) is 6.54. The molecule has 1 aromatic carbocycles. The molecule has 0 radical (unpaired) electrons. The Morgan fingerprint density at radius 1 is 0.906 bits per heavy atom. The van der Waals surface area contributed by atoms with Crippen molar-refractivity contribution in [1.82, 2.24) is 0 Å². The number of benzene rings is 1. The van der Waals surface area contributed by atoms with E-state index < -0.39 is 30.1 Å². The molecule has 9 heteroatoms. The molecule has 0 aromatic heterocycles. The number of hydrogen-bond donors (Lipinski definition) is 1. The van der Waals surface area contributed by atoms with Gasteiger partial charge in [-0.25, -0.2) is 0 Å². The summed E-state index contributed by atoms with van der Waals surface area (Å²) in [6.45, 7) is 6.86. The average molecular weight is 452 g/mol. The van der Waals surface area contributed by atoms with Crippen LogP contribution in [0.3, 0.4) is 0 Å². The molecule has 0 aliphatic rings. The van der Waals surface area contributed by atoms with Crippen LogP contribution in [-0.4, -0.2) is 42.6 Å². The summed E-state index contributed by atoms with van der Waals surface area (Å²) < 4.78 is 20.8. The number of hydrogen-bond acceptors (Lipinski definition) is 9. The Kier molecular flexibility index (Phi) is 12.0. The molecule has 0 bridgehead atoms. The molecule has 32 heavy (non-hydrogen) atoms. The minimum atomic E-state index is -0.989. The number of esters is 4. The Hall–Kier alpha value is -2.94. The molecule has 178 valence electrons. The molecule has 2 N–H and O–H groups in total. The third-order valence-corrected chi connectivity index (χ3v) is 4.20. The second-order valence-electron chi connectivity index (χ2n) is 7.32. The maximum absolute atomic E-state index is 12.2. The highest BCUT2D eigenvalue weighted by molar-refractivity contribution is 5.77. The Morgan fingerprint density at radius 3 is 2.06 bits per heavy atom. The molecule has 1 rings (SSSR count). The van der Waals surface area contributed by atoms with E-state index in [2.05, 4.69) is 0 Å². The van der Waals surface area contributed by atoms with E-state index >= 15 is 0 Å². The third-order valence-electron chi connectivity index (χ3n) is 4.20. The lowest BCUT2D eigenvalue weighted by molar-refractivity contribution is -0.158. The topological polar surface area (TPSA) is 131 Å². The summed E-state index contributed by atoms with van der Waals surface area (Å²) in [6, 6.07) is 3.66. The fourth-order valence-corrected chi connectivity index (χ4v) is 2.58. The number of ether oxygens (including phenoxy) is 4. The molecule has 0 aliphatic carbocycles. The van der Waals surface area contributed by atoms with Crippen molar-refractivity contribution >= 4 is 23.9 Å². The lowest BCUT2D eigenvalue weighted by atomic mass is 10.1. The average Bonchev–Trinajstić information content (AvgIpc) is 2.74. The normalized spacial score (nSPS) is 12.4. The van der Waals surface area contributed by atoms with Gasteiger partial charge in [0.25, 0.3) is 0 Å². The van der Waals surface area contributed by atoms with E-state index in [1.807, 2.05) is 13.8 Å². The molecule has 0 spiro atoms. The number of nitrogens with two attached hydrogens (primary N) is 1. The van der Waals surface area contributed by atoms with Gasteiger partial charge in [-0.2, -0.15) is 0 Å². The first-order chi connectivity index (χ1) is 15.2. The second-order valence-corrected chi connectivity index (χ2v) is 7.32. The maximum atomic E-state index is 12.2. The summed E-state index contributed by atoms with van der Waals surface area (Å²) in [5, 5.41) is 0. The zero-order valence-electron chi connectivity index (χ0n) is 19.2. The van der Waals surface area contributed by atoms with Crippen LogP contribution in [0, 0.1) is 0 Å². The van der Waals surface area contributed by atoms with Crippen LogP contribution < -0.4 is 15.2 Å². The molecule has 0 amide bonds. The van der Waals surface area contributed by atoms with Crippen LogP contribution in [0.1, 0.15) is 65.4 Å². The van der Waals surface area contributed by atoms with Gasteiger partial charge in [-0.1, -0.05) is 26.8 Å². The summed E-state index contributed by atoms with van der Waals surface area (Å²) in [4.78, 5) is 47.3. The number of carbonyl (C=O) groups is 4.